The van der Waals surface area contributed by atoms with Crippen molar-refractivity contribution >= 4 is 11.9 Å². The first kappa shape index (κ1) is 11.9. The molecule has 0 aliphatic carbocycles. The van der Waals surface area contributed by atoms with E-state index in [4.69, 9.17) is 0 Å². The van der Waals surface area contributed by atoms with Crippen LogP contribution in [0, 0.1) is 0 Å². The van der Waals surface area contributed by atoms with E-state index < -0.39 is 11.9 Å². The highest BCUT2D eigenvalue weighted by Gasteiger charge is 2.25. The second-order valence-corrected chi connectivity index (χ2v) is 3.21. The molecule has 0 aliphatic rings. The van der Waals surface area contributed by atoms with Crippen molar-refractivity contribution in [1.29, 1.82) is 0 Å². The number of nitrogens with one attached hydrogen (secondary N) is 1. The molecular weight excluding hydrogens is 170 g/mol. The van der Waals surface area contributed by atoms with Crippen molar-refractivity contribution in [1.82, 2.24) is 5.32 Å². The molecule has 0 aromatic carbocycles. The quantitative estimate of drug-likeness (QED) is 0.526. The molecule has 4 nitrogen and oxygen atoms in total. The number of methoxy groups -OCH3 is 1. The fourth-order valence-corrected chi connectivity index (χ4v) is 0.845. The number of hydrogen-bond acceptors (Lipinski definition) is 3. The molecule has 0 atom stereocenters. The number of ether oxygens (including phenoxy) is 1. The van der Waals surface area contributed by atoms with Gasteiger partial charge in [0.2, 0.25) is 0 Å². The normalized spacial score (nSPS) is 10.8. The molecule has 13 heavy (non-hydrogen) atoms. The first-order valence-corrected chi connectivity index (χ1v) is 4.39. The standard InChI is InChI=1S/C9H17NO3/c1-5-9(3,6-2)10-7(11)8(12)13-4/h5-6H2,1-4H3,(H,10,11). The van der Waals surface area contributed by atoms with Gasteiger partial charge in [-0.3, -0.25) is 4.79 Å². The Labute approximate surface area is 78.6 Å². The molecule has 0 saturated carbocycles. The minimum absolute atomic E-state index is 0.314. The lowest BCUT2D eigenvalue weighted by Crippen LogP contribution is -2.48. The van der Waals surface area contributed by atoms with Crippen molar-refractivity contribution in [3.05, 3.63) is 0 Å². The largest absolute Gasteiger partial charge is 0.462 e. The summed E-state index contributed by atoms with van der Waals surface area (Å²) in [5.74, 6) is -1.51. The number of carbonyl (C=O) groups excluding carboxylic acids is 2. The molecule has 1 amide bonds. The summed E-state index contributed by atoms with van der Waals surface area (Å²) in [6.07, 6.45) is 1.57. The Morgan fingerprint density at radius 2 is 1.77 bits per heavy atom. The van der Waals surface area contributed by atoms with Crippen LogP contribution in [0.5, 0.6) is 0 Å². The summed E-state index contributed by atoms with van der Waals surface area (Å²) < 4.78 is 4.30. The predicted octanol–water partition coefficient (Wildman–Crippen LogP) is 0.854. The van der Waals surface area contributed by atoms with Gasteiger partial charge in [-0.1, -0.05) is 13.8 Å². The average molecular weight is 187 g/mol. The van der Waals surface area contributed by atoms with Crippen LogP contribution < -0.4 is 5.32 Å². The van der Waals surface area contributed by atoms with E-state index in [2.05, 4.69) is 10.1 Å². The molecule has 0 saturated heterocycles. The van der Waals surface area contributed by atoms with E-state index in [1.54, 1.807) is 0 Å². The van der Waals surface area contributed by atoms with E-state index >= 15 is 0 Å². The maximum atomic E-state index is 11.1. The zero-order valence-corrected chi connectivity index (χ0v) is 8.64. The van der Waals surface area contributed by atoms with Gasteiger partial charge in [-0.25, -0.2) is 4.79 Å². The summed E-state index contributed by atoms with van der Waals surface area (Å²) in [6.45, 7) is 5.82. The molecule has 0 bridgehead atoms. The van der Waals surface area contributed by atoms with Crippen LogP contribution in [-0.2, 0) is 14.3 Å². The third-order valence-corrected chi connectivity index (χ3v) is 2.35. The van der Waals surface area contributed by atoms with E-state index in [0.717, 1.165) is 12.8 Å². The van der Waals surface area contributed by atoms with E-state index in [-0.39, 0.29) is 5.54 Å². The maximum absolute atomic E-state index is 11.1. The maximum Gasteiger partial charge on any atom is 0.396 e. The van der Waals surface area contributed by atoms with Crippen molar-refractivity contribution in [2.24, 2.45) is 0 Å². The van der Waals surface area contributed by atoms with E-state index in [1.165, 1.54) is 7.11 Å². The lowest BCUT2D eigenvalue weighted by atomic mass is 9.95. The highest BCUT2D eigenvalue weighted by molar-refractivity contribution is 6.32. The van der Waals surface area contributed by atoms with Gasteiger partial charge in [-0.15, -0.1) is 0 Å². The molecule has 4 heteroatoms. The minimum Gasteiger partial charge on any atom is -0.462 e. The van der Waals surface area contributed by atoms with E-state index in [1.807, 2.05) is 20.8 Å². The van der Waals surface area contributed by atoms with Crippen LogP contribution in [0.15, 0.2) is 0 Å². The second-order valence-electron chi connectivity index (χ2n) is 3.21. The SMILES string of the molecule is CCC(C)(CC)NC(=O)C(=O)OC. The van der Waals surface area contributed by atoms with Gasteiger partial charge in [-0.05, 0) is 19.8 Å². The Balaban J connectivity index is 4.25. The Kier molecular flexibility index (Phi) is 4.45. The van der Waals surface area contributed by atoms with Crippen molar-refractivity contribution in [2.45, 2.75) is 39.2 Å². The predicted molar refractivity (Wildman–Crippen MR) is 49.1 cm³/mol. The summed E-state index contributed by atoms with van der Waals surface area (Å²) in [4.78, 5) is 21.9. The molecule has 0 aromatic rings. The van der Waals surface area contributed by atoms with Crippen molar-refractivity contribution in [2.75, 3.05) is 7.11 Å². The van der Waals surface area contributed by atoms with Gasteiger partial charge < -0.3 is 10.1 Å². The smallest absolute Gasteiger partial charge is 0.396 e. The highest BCUT2D eigenvalue weighted by atomic mass is 16.5. The lowest BCUT2D eigenvalue weighted by molar-refractivity contribution is -0.153. The third-order valence-electron chi connectivity index (χ3n) is 2.35. The lowest BCUT2D eigenvalue weighted by Gasteiger charge is -2.27. The van der Waals surface area contributed by atoms with Gasteiger partial charge in [0.15, 0.2) is 0 Å². The van der Waals surface area contributed by atoms with Crippen LogP contribution in [0.4, 0.5) is 0 Å². The second kappa shape index (κ2) is 4.84. The monoisotopic (exact) mass is 187 g/mol. The molecule has 0 heterocycles. The highest BCUT2D eigenvalue weighted by Crippen LogP contribution is 2.12. The van der Waals surface area contributed by atoms with Crippen molar-refractivity contribution in [3.8, 4) is 0 Å². The Bertz CT molecular complexity index is 197. The molecule has 0 aliphatic heterocycles. The van der Waals surface area contributed by atoms with Gasteiger partial charge in [-0.2, -0.15) is 0 Å². The fraction of sp³-hybridized carbons (Fsp3) is 0.778. The van der Waals surface area contributed by atoms with Crippen molar-refractivity contribution < 1.29 is 14.3 Å². The number of rotatable bonds is 3. The molecule has 0 spiro atoms. The molecule has 0 aromatic heterocycles. The van der Waals surface area contributed by atoms with Gasteiger partial charge in [0.25, 0.3) is 0 Å². The van der Waals surface area contributed by atoms with Gasteiger partial charge >= 0.3 is 11.9 Å². The Hall–Kier alpha value is -1.06. The van der Waals surface area contributed by atoms with Gasteiger partial charge in [0.1, 0.15) is 0 Å². The molecule has 0 rings (SSSR count). The Morgan fingerprint density at radius 3 is 2.08 bits per heavy atom. The topological polar surface area (TPSA) is 55.4 Å². The first-order valence-electron chi connectivity index (χ1n) is 4.39. The molecule has 0 fully saturated rings. The first-order chi connectivity index (χ1) is 5.99. The zero-order chi connectivity index (χ0) is 10.5. The van der Waals surface area contributed by atoms with Crippen LogP contribution in [0.1, 0.15) is 33.6 Å². The minimum atomic E-state index is -0.840. The number of hydrogen-bond donors (Lipinski definition) is 1. The fourth-order valence-electron chi connectivity index (χ4n) is 0.845. The molecule has 0 radical (unpaired) electrons. The number of esters is 1. The zero-order valence-electron chi connectivity index (χ0n) is 8.64. The summed E-state index contributed by atoms with van der Waals surface area (Å²) >= 11 is 0. The molecule has 1 N–H and O–H groups in total. The van der Waals surface area contributed by atoms with Crippen LogP contribution in [0.3, 0.4) is 0 Å². The summed E-state index contributed by atoms with van der Waals surface area (Å²) in [5.41, 5.74) is -0.314. The third kappa shape index (κ3) is 3.44. The van der Waals surface area contributed by atoms with Crippen LogP contribution >= 0.6 is 0 Å². The van der Waals surface area contributed by atoms with Crippen LogP contribution in [0.2, 0.25) is 0 Å². The molecule has 76 valence electrons. The molecular formula is C9H17NO3. The summed E-state index contributed by atoms with van der Waals surface area (Å²) in [6, 6.07) is 0. The summed E-state index contributed by atoms with van der Waals surface area (Å²) in [5, 5.41) is 2.63. The van der Waals surface area contributed by atoms with E-state index in [0.29, 0.717) is 0 Å². The van der Waals surface area contributed by atoms with E-state index in [9.17, 15) is 9.59 Å². The summed E-state index contributed by atoms with van der Waals surface area (Å²) in [7, 11) is 1.19. The Morgan fingerprint density at radius 1 is 1.31 bits per heavy atom. The van der Waals surface area contributed by atoms with Gasteiger partial charge in [0, 0.05) is 5.54 Å². The van der Waals surface area contributed by atoms with Crippen molar-refractivity contribution in [3.63, 3.8) is 0 Å². The van der Waals surface area contributed by atoms with Crippen LogP contribution in [0.25, 0.3) is 0 Å². The number of carbonyl (C=O) groups is 2. The van der Waals surface area contributed by atoms with Gasteiger partial charge in [0.05, 0.1) is 7.11 Å². The van der Waals surface area contributed by atoms with Crippen LogP contribution in [-0.4, -0.2) is 24.5 Å². The number of amides is 1. The molecule has 0 unspecified atom stereocenters. The average Bonchev–Trinajstić information content (AvgIpc) is 2.16.